The predicted octanol–water partition coefficient (Wildman–Crippen LogP) is 5.21. The van der Waals surface area contributed by atoms with E-state index in [-0.39, 0.29) is 0 Å². The first-order valence-corrected chi connectivity index (χ1v) is 8.13. The summed E-state index contributed by atoms with van der Waals surface area (Å²) in [5.41, 5.74) is 1.82. The fourth-order valence-electron chi connectivity index (χ4n) is 2.04. The Bertz CT molecular complexity index is 674. The number of nitrogens with zero attached hydrogens (tertiary/aromatic N) is 2. The van der Waals surface area contributed by atoms with Gasteiger partial charge in [-0.3, -0.25) is 0 Å². The monoisotopic (exact) mass is 416 g/mol. The van der Waals surface area contributed by atoms with Gasteiger partial charge in [-0.25, -0.2) is 9.97 Å². The van der Waals surface area contributed by atoms with Crippen LogP contribution in [0.3, 0.4) is 0 Å². The maximum Gasteiger partial charge on any atom is 0.164 e. The van der Waals surface area contributed by atoms with Crippen LogP contribution in [0.15, 0.2) is 27.1 Å². The van der Waals surface area contributed by atoms with Crippen LogP contribution in [0.2, 0.25) is 5.15 Å². The largest absolute Gasteiger partial charge is 0.496 e. The van der Waals surface area contributed by atoms with E-state index in [1.165, 1.54) is 0 Å². The van der Waals surface area contributed by atoms with Crippen molar-refractivity contribution < 1.29 is 4.74 Å². The summed E-state index contributed by atoms with van der Waals surface area (Å²) in [5, 5.41) is 0.443. The average molecular weight is 419 g/mol. The van der Waals surface area contributed by atoms with Crippen molar-refractivity contribution in [2.45, 2.75) is 18.8 Å². The molecule has 20 heavy (non-hydrogen) atoms. The van der Waals surface area contributed by atoms with Gasteiger partial charge >= 0.3 is 0 Å². The molecule has 0 radical (unpaired) electrons. The third-order valence-corrected chi connectivity index (χ3v) is 4.98. The van der Waals surface area contributed by atoms with Crippen LogP contribution in [-0.4, -0.2) is 17.1 Å². The molecule has 1 aromatic heterocycles. The summed E-state index contributed by atoms with van der Waals surface area (Å²) in [6.45, 7) is 0. The molecule has 1 aliphatic rings. The standard InChI is InChI=1S/C14H11Br2ClN2O/c1-20-10-5-4-8(15)6-9(10)14-18-12(7-2-3-7)11(16)13(17)19-14/h4-7H,2-3H2,1H3. The number of rotatable bonds is 3. The van der Waals surface area contributed by atoms with Gasteiger partial charge in [-0.2, -0.15) is 0 Å². The Morgan fingerprint density at radius 3 is 2.65 bits per heavy atom. The maximum atomic E-state index is 6.23. The molecular weight excluding hydrogens is 407 g/mol. The number of hydrogen-bond acceptors (Lipinski definition) is 3. The lowest BCUT2D eigenvalue weighted by atomic mass is 10.1. The van der Waals surface area contributed by atoms with Crippen LogP contribution in [0.5, 0.6) is 5.75 Å². The highest BCUT2D eigenvalue weighted by molar-refractivity contribution is 9.10. The summed E-state index contributed by atoms with van der Waals surface area (Å²) in [4.78, 5) is 9.04. The van der Waals surface area contributed by atoms with Gasteiger partial charge in [0.2, 0.25) is 0 Å². The molecule has 3 nitrogen and oxygen atoms in total. The molecule has 104 valence electrons. The molecule has 6 heteroatoms. The molecule has 0 bridgehead atoms. The molecule has 3 rings (SSSR count). The van der Waals surface area contributed by atoms with E-state index in [1.807, 2.05) is 18.2 Å². The number of hydrogen-bond donors (Lipinski definition) is 0. The Morgan fingerprint density at radius 2 is 2.00 bits per heavy atom. The van der Waals surface area contributed by atoms with E-state index in [0.29, 0.717) is 16.9 Å². The van der Waals surface area contributed by atoms with E-state index in [4.69, 9.17) is 16.3 Å². The zero-order chi connectivity index (χ0) is 14.3. The summed E-state index contributed by atoms with van der Waals surface area (Å²) in [6, 6.07) is 5.75. The van der Waals surface area contributed by atoms with Crippen molar-refractivity contribution in [3.8, 4) is 17.1 Å². The highest BCUT2D eigenvalue weighted by atomic mass is 79.9. The van der Waals surface area contributed by atoms with E-state index < -0.39 is 0 Å². The maximum absolute atomic E-state index is 6.23. The second-order valence-corrected chi connectivity index (χ2v) is 6.72. The van der Waals surface area contributed by atoms with Crippen LogP contribution in [0, 0.1) is 0 Å². The van der Waals surface area contributed by atoms with Crippen molar-refractivity contribution >= 4 is 43.5 Å². The lowest BCUT2D eigenvalue weighted by Gasteiger charge is -2.11. The minimum absolute atomic E-state index is 0.443. The molecule has 0 N–H and O–H groups in total. The summed E-state index contributed by atoms with van der Waals surface area (Å²) in [5.74, 6) is 1.81. The van der Waals surface area contributed by atoms with Crippen molar-refractivity contribution in [3.05, 3.63) is 38.0 Å². The lowest BCUT2D eigenvalue weighted by molar-refractivity contribution is 0.416. The molecule has 0 aliphatic heterocycles. The Labute approximate surface area is 139 Å². The Kier molecular flexibility index (Phi) is 4.02. The van der Waals surface area contributed by atoms with E-state index in [2.05, 4.69) is 41.8 Å². The average Bonchev–Trinajstić information content (AvgIpc) is 3.26. The number of benzene rings is 1. The van der Waals surface area contributed by atoms with Crippen LogP contribution in [0.25, 0.3) is 11.4 Å². The fourth-order valence-corrected chi connectivity index (χ4v) is 3.08. The van der Waals surface area contributed by atoms with E-state index >= 15 is 0 Å². The molecule has 0 unspecified atom stereocenters. The van der Waals surface area contributed by atoms with Gasteiger partial charge in [0.15, 0.2) is 5.82 Å². The van der Waals surface area contributed by atoms with Gasteiger partial charge in [-0.15, -0.1) is 0 Å². The Balaban J connectivity index is 2.17. The van der Waals surface area contributed by atoms with Gasteiger partial charge in [-0.05, 0) is 47.0 Å². The van der Waals surface area contributed by atoms with Crippen LogP contribution >= 0.6 is 43.5 Å². The Morgan fingerprint density at radius 1 is 1.25 bits per heavy atom. The third kappa shape index (κ3) is 2.71. The van der Waals surface area contributed by atoms with Crippen LogP contribution in [0.1, 0.15) is 24.5 Å². The van der Waals surface area contributed by atoms with Crippen molar-refractivity contribution in [2.75, 3.05) is 7.11 Å². The molecule has 1 aromatic carbocycles. The van der Waals surface area contributed by atoms with Crippen molar-refractivity contribution in [3.63, 3.8) is 0 Å². The van der Waals surface area contributed by atoms with Gasteiger partial charge in [0.05, 0.1) is 22.8 Å². The highest BCUT2D eigenvalue weighted by Crippen LogP contribution is 2.44. The lowest BCUT2D eigenvalue weighted by Crippen LogP contribution is -1.99. The van der Waals surface area contributed by atoms with E-state index in [0.717, 1.165) is 38.8 Å². The number of methoxy groups -OCH3 is 1. The summed E-state index contributed by atoms with van der Waals surface area (Å²) < 4.78 is 7.14. The minimum Gasteiger partial charge on any atom is -0.496 e. The second-order valence-electron chi connectivity index (χ2n) is 4.66. The molecule has 2 aromatic rings. The van der Waals surface area contributed by atoms with Crippen LogP contribution in [-0.2, 0) is 0 Å². The van der Waals surface area contributed by atoms with Gasteiger partial charge in [0.25, 0.3) is 0 Å². The first-order valence-electron chi connectivity index (χ1n) is 6.17. The third-order valence-electron chi connectivity index (χ3n) is 3.20. The molecule has 1 aliphatic carbocycles. The predicted molar refractivity (Wildman–Crippen MR) is 86.4 cm³/mol. The SMILES string of the molecule is COc1ccc(Br)cc1-c1nc(Cl)c(Br)c(C2CC2)n1. The molecule has 0 atom stereocenters. The fraction of sp³-hybridized carbons (Fsp3) is 0.286. The molecule has 0 amide bonds. The summed E-state index contributed by atoms with van der Waals surface area (Å²) >= 11 is 13.2. The van der Waals surface area contributed by atoms with E-state index in [1.54, 1.807) is 7.11 Å². The van der Waals surface area contributed by atoms with Crippen LogP contribution < -0.4 is 4.74 Å². The molecule has 0 spiro atoms. The van der Waals surface area contributed by atoms with Gasteiger partial charge in [-0.1, -0.05) is 27.5 Å². The first-order chi connectivity index (χ1) is 9.60. The van der Waals surface area contributed by atoms with Gasteiger partial charge in [0, 0.05) is 10.4 Å². The minimum atomic E-state index is 0.443. The zero-order valence-electron chi connectivity index (χ0n) is 10.7. The molecule has 1 fully saturated rings. The van der Waals surface area contributed by atoms with Crippen LogP contribution in [0.4, 0.5) is 0 Å². The Hall–Kier alpha value is -0.650. The van der Waals surface area contributed by atoms with Crippen molar-refractivity contribution in [2.24, 2.45) is 0 Å². The van der Waals surface area contributed by atoms with E-state index in [9.17, 15) is 0 Å². The summed E-state index contributed by atoms with van der Waals surface area (Å²) in [6.07, 6.45) is 2.31. The number of aromatic nitrogens is 2. The zero-order valence-corrected chi connectivity index (χ0v) is 14.6. The normalized spacial score (nSPS) is 14.4. The molecule has 0 saturated heterocycles. The van der Waals surface area contributed by atoms with Gasteiger partial charge in [0.1, 0.15) is 10.9 Å². The smallest absolute Gasteiger partial charge is 0.164 e. The molecular formula is C14H11Br2ClN2O. The number of ether oxygens (including phenoxy) is 1. The quantitative estimate of drug-likeness (QED) is 0.642. The number of halogens is 3. The van der Waals surface area contributed by atoms with Crippen molar-refractivity contribution in [1.29, 1.82) is 0 Å². The topological polar surface area (TPSA) is 35.0 Å². The van der Waals surface area contributed by atoms with Crippen molar-refractivity contribution in [1.82, 2.24) is 9.97 Å². The second kappa shape index (κ2) is 5.62. The first kappa shape index (κ1) is 14.3. The molecule has 1 heterocycles. The van der Waals surface area contributed by atoms with Gasteiger partial charge < -0.3 is 4.74 Å². The molecule has 1 saturated carbocycles. The highest BCUT2D eigenvalue weighted by Gasteiger charge is 2.29. The summed E-state index contributed by atoms with van der Waals surface area (Å²) in [7, 11) is 1.63.